The van der Waals surface area contributed by atoms with E-state index in [-0.39, 0.29) is 17.6 Å². The van der Waals surface area contributed by atoms with E-state index in [1.807, 2.05) is 38.1 Å². The van der Waals surface area contributed by atoms with Gasteiger partial charge in [0.1, 0.15) is 5.82 Å². The monoisotopic (exact) mass is 575 g/mol. The zero-order valence-corrected chi connectivity index (χ0v) is 22.1. The van der Waals surface area contributed by atoms with Crippen LogP contribution in [0.3, 0.4) is 0 Å². The molecule has 1 fully saturated rings. The van der Waals surface area contributed by atoms with Gasteiger partial charge in [-0.05, 0) is 73.0 Å². The van der Waals surface area contributed by atoms with Gasteiger partial charge in [-0.15, -0.1) is 0 Å². The predicted octanol–water partition coefficient (Wildman–Crippen LogP) is 6.65. The van der Waals surface area contributed by atoms with Crippen molar-refractivity contribution in [1.82, 2.24) is 9.66 Å². The molecular formula is C25H27Br2N3O3. The molecule has 0 radical (unpaired) electrons. The Morgan fingerprint density at radius 3 is 2.58 bits per heavy atom. The summed E-state index contributed by atoms with van der Waals surface area (Å²) >= 11 is 7.07. The highest BCUT2D eigenvalue weighted by atomic mass is 79.9. The highest BCUT2D eigenvalue weighted by Gasteiger charge is 2.22. The fourth-order valence-corrected chi connectivity index (χ4v) is 4.96. The predicted molar refractivity (Wildman–Crippen MR) is 139 cm³/mol. The first-order valence-electron chi connectivity index (χ1n) is 11.2. The number of rotatable bonds is 6. The van der Waals surface area contributed by atoms with E-state index in [2.05, 4.69) is 37.0 Å². The van der Waals surface area contributed by atoms with Crippen LogP contribution in [0, 0.1) is 0 Å². The lowest BCUT2D eigenvalue weighted by atomic mass is 9.88. The minimum absolute atomic E-state index is 0.0185. The standard InChI is InChI=1S/C25H27Br2N3O3/c1-15(2)33-23-13-20(27)17(11-22(23)32-3)14-28-30-24(16-7-5-4-6-8-16)29-21-10-9-18(26)12-19(21)25(30)31/h9-16H,4-8H2,1-3H3. The van der Waals surface area contributed by atoms with Crippen molar-refractivity contribution in [1.29, 1.82) is 0 Å². The molecule has 0 unspecified atom stereocenters. The van der Waals surface area contributed by atoms with Crippen molar-refractivity contribution in [3.63, 3.8) is 0 Å². The first kappa shape index (κ1) is 24.0. The molecular weight excluding hydrogens is 550 g/mol. The molecule has 1 aliphatic rings. The summed E-state index contributed by atoms with van der Waals surface area (Å²) in [5.41, 5.74) is 1.31. The van der Waals surface area contributed by atoms with Crippen molar-refractivity contribution in [3.05, 3.63) is 61.0 Å². The number of aromatic nitrogens is 2. The highest BCUT2D eigenvalue weighted by Crippen LogP contribution is 2.34. The molecule has 0 amide bonds. The van der Waals surface area contributed by atoms with Crippen LogP contribution in [0.5, 0.6) is 11.5 Å². The highest BCUT2D eigenvalue weighted by molar-refractivity contribution is 9.10. The summed E-state index contributed by atoms with van der Waals surface area (Å²) in [6, 6.07) is 9.31. The molecule has 0 N–H and O–H groups in total. The molecule has 0 bridgehead atoms. The number of ether oxygens (including phenoxy) is 2. The molecule has 1 aliphatic carbocycles. The second-order valence-corrected chi connectivity index (χ2v) is 10.3. The van der Waals surface area contributed by atoms with Crippen LogP contribution < -0.4 is 15.0 Å². The Hall–Kier alpha value is -2.19. The minimum Gasteiger partial charge on any atom is -0.493 e. The molecule has 6 nitrogen and oxygen atoms in total. The van der Waals surface area contributed by atoms with Gasteiger partial charge in [-0.3, -0.25) is 4.79 Å². The molecule has 0 spiro atoms. The van der Waals surface area contributed by atoms with Crippen molar-refractivity contribution in [2.45, 2.75) is 58.0 Å². The average Bonchev–Trinajstić information content (AvgIpc) is 2.80. The summed E-state index contributed by atoms with van der Waals surface area (Å²) in [6.07, 6.45) is 7.23. The smallest absolute Gasteiger partial charge is 0.282 e. The van der Waals surface area contributed by atoms with Gasteiger partial charge in [-0.1, -0.05) is 35.2 Å². The molecule has 33 heavy (non-hydrogen) atoms. The van der Waals surface area contributed by atoms with Crippen molar-refractivity contribution in [2.24, 2.45) is 5.10 Å². The summed E-state index contributed by atoms with van der Waals surface area (Å²) in [4.78, 5) is 18.4. The lowest BCUT2D eigenvalue weighted by Gasteiger charge is -2.22. The van der Waals surface area contributed by atoms with Gasteiger partial charge >= 0.3 is 0 Å². The zero-order valence-electron chi connectivity index (χ0n) is 19.0. The Kier molecular flexibility index (Phi) is 7.54. The van der Waals surface area contributed by atoms with E-state index in [0.717, 1.165) is 46.0 Å². The van der Waals surface area contributed by atoms with E-state index in [1.165, 1.54) is 11.1 Å². The second kappa shape index (κ2) is 10.4. The largest absolute Gasteiger partial charge is 0.493 e. The molecule has 4 rings (SSSR count). The normalized spacial score (nSPS) is 15.0. The first-order valence-corrected chi connectivity index (χ1v) is 12.8. The van der Waals surface area contributed by atoms with Gasteiger partial charge in [0.25, 0.3) is 5.56 Å². The maximum absolute atomic E-state index is 13.5. The number of nitrogens with zero attached hydrogens (tertiary/aromatic N) is 3. The molecule has 0 saturated heterocycles. The molecule has 1 saturated carbocycles. The average molecular weight is 577 g/mol. The topological polar surface area (TPSA) is 65.7 Å². The van der Waals surface area contributed by atoms with Crippen LogP contribution in [-0.2, 0) is 0 Å². The van der Waals surface area contributed by atoms with Gasteiger partial charge in [-0.2, -0.15) is 9.78 Å². The van der Waals surface area contributed by atoms with Crippen molar-refractivity contribution in [2.75, 3.05) is 7.11 Å². The quantitative estimate of drug-likeness (QED) is 0.308. The van der Waals surface area contributed by atoms with Crippen molar-refractivity contribution >= 4 is 49.0 Å². The number of benzene rings is 2. The molecule has 1 aromatic heterocycles. The Morgan fingerprint density at radius 1 is 1.12 bits per heavy atom. The van der Waals surface area contributed by atoms with Crippen LogP contribution in [0.15, 0.2) is 49.2 Å². The van der Waals surface area contributed by atoms with E-state index in [0.29, 0.717) is 22.4 Å². The summed E-state index contributed by atoms with van der Waals surface area (Å²) in [7, 11) is 1.61. The van der Waals surface area contributed by atoms with E-state index >= 15 is 0 Å². The SMILES string of the molecule is COc1cc(C=Nn2c(C3CCCCC3)nc3ccc(Br)cc3c2=O)c(Br)cc1OC(C)C. The third-order valence-electron chi connectivity index (χ3n) is 5.76. The fourth-order valence-electron chi connectivity index (χ4n) is 4.18. The Bertz CT molecular complexity index is 1250. The molecule has 1 heterocycles. The van der Waals surface area contributed by atoms with Crippen LogP contribution in [-0.4, -0.2) is 29.1 Å². The zero-order chi connectivity index (χ0) is 23.5. The Morgan fingerprint density at radius 2 is 1.88 bits per heavy atom. The van der Waals surface area contributed by atoms with Crippen molar-refractivity contribution in [3.8, 4) is 11.5 Å². The molecule has 3 aromatic rings. The van der Waals surface area contributed by atoms with Crippen LogP contribution in [0.2, 0.25) is 0 Å². The second-order valence-electron chi connectivity index (χ2n) is 8.52. The summed E-state index contributed by atoms with van der Waals surface area (Å²) in [6.45, 7) is 3.93. The van der Waals surface area contributed by atoms with Gasteiger partial charge < -0.3 is 9.47 Å². The lowest BCUT2D eigenvalue weighted by molar-refractivity contribution is 0.230. The lowest BCUT2D eigenvalue weighted by Crippen LogP contribution is -2.25. The first-order chi connectivity index (χ1) is 15.9. The maximum atomic E-state index is 13.5. The van der Waals surface area contributed by atoms with Crippen LogP contribution in [0.4, 0.5) is 0 Å². The Labute approximate surface area is 210 Å². The number of fused-ring (bicyclic) bond motifs is 1. The van der Waals surface area contributed by atoms with Gasteiger partial charge in [0, 0.05) is 20.4 Å². The van der Waals surface area contributed by atoms with Gasteiger partial charge in [-0.25, -0.2) is 4.98 Å². The third kappa shape index (κ3) is 5.32. The van der Waals surface area contributed by atoms with Crippen LogP contribution in [0.25, 0.3) is 10.9 Å². The van der Waals surface area contributed by atoms with Crippen molar-refractivity contribution < 1.29 is 9.47 Å². The number of methoxy groups -OCH3 is 1. The molecule has 0 aliphatic heterocycles. The van der Waals surface area contributed by atoms with Gasteiger partial charge in [0.05, 0.1) is 30.3 Å². The summed E-state index contributed by atoms with van der Waals surface area (Å²) in [5.74, 6) is 2.20. The van der Waals surface area contributed by atoms with E-state index in [4.69, 9.17) is 14.5 Å². The van der Waals surface area contributed by atoms with E-state index in [9.17, 15) is 4.79 Å². The molecule has 174 valence electrons. The van der Waals surface area contributed by atoms with Gasteiger partial charge in [0.2, 0.25) is 0 Å². The number of hydrogen-bond acceptors (Lipinski definition) is 5. The van der Waals surface area contributed by atoms with Crippen LogP contribution >= 0.6 is 31.9 Å². The molecule has 2 aromatic carbocycles. The summed E-state index contributed by atoms with van der Waals surface area (Å²) < 4.78 is 14.5. The van der Waals surface area contributed by atoms with Gasteiger partial charge in [0.15, 0.2) is 11.5 Å². The van der Waals surface area contributed by atoms with E-state index < -0.39 is 0 Å². The number of hydrogen-bond donors (Lipinski definition) is 0. The van der Waals surface area contributed by atoms with E-state index in [1.54, 1.807) is 19.4 Å². The van der Waals surface area contributed by atoms with Crippen LogP contribution in [0.1, 0.15) is 63.3 Å². The Balaban J connectivity index is 1.82. The molecule has 0 atom stereocenters. The maximum Gasteiger partial charge on any atom is 0.282 e. The number of halogens is 2. The minimum atomic E-state index is -0.166. The molecule has 8 heteroatoms. The summed E-state index contributed by atoms with van der Waals surface area (Å²) in [5, 5.41) is 5.17. The fraction of sp³-hybridized carbons (Fsp3) is 0.400. The third-order valence-corrected chi connectivity index (χ3v) is 6.94.